The van der Waals surface area contributed by atoms with E-state index >= 15 is 0 Å². The van der Waals surface area contributed by atoms with Crippen LogP contribution in [-0.2, 0) is 13.6 Å². The number of aromatic nitrogens is 2. The number of pyridine rings is 1. The molecular formula is C16H15N3O. The number of aromatic hydroxyl groups is 1. The Bertz CT molecular complexity index is 760. The quantitative estimate of drug-likeness (QED) is 0.740. The number of fused-ring (bicyclic) bond motifs is 1. The van der Waals surface area contributed by atoms with Gasteiger partial charge in [0, 0.05) is 31.0 Å². The SMILES string of the molecule is Cn1c(O)c(C=NCc2ccncc2)c2ccccc21. The number of hydrogen-bond acceptors (Lipinski definition) is 3. The number of hydrogen-bond donors (Lipinski definition) is 1. The van der Waals surface area contributed by atoms with Gasteiger partial charge < -0.3 is 9.67 Å². The topological polar surface area (TPSA) is 50.4 Å². The van der Waals surface area contributed by atoms with Gasteiger partial charge >= 0.3 is 0 Å². The lowest BCUT2D eigenvalue weighted by atomic mass is 10.2. The number of rotatable bonds is 3. The van der Waals surface area contributed by atoms with E-state index in [9.17, 15) is 5.11 Å². The lowest BCUT2D eigenvalue weighted by molar-refractivity contribution is 0.434. The fourth-order valence-electron chi connectivity index (χ4n) is 2.27. The van der Waals surface area contributed by atoms with Gasteiger partial charge in [0.25, 0.3) is 0 Å². The molecule has 0 aliphatic carbocycles. The van der Waals surface area contributed by atoms with Gasteiger partial charge in [0.05, 0.1) is 17.6 Å². The molecule has 4 nitrogen and oxygen atoms in total. The van der Waals surface area contributed by atoms with Crippen LogP contribution < -0.4 is 0 Å². The zero-order valence-electron chi connectivity index (χ0n) is 11.2. The first-order chi connectivity index (χ1) is 9.77. The molecule has 0 amide bonds. The first-order valence-corrected chi connectivity index (χ1v) is 6.42. The Morgan fingerprint density at radius 1 is 1.20 bits per heavy atom. The molecule has 2 heterocycles. The van der Waals surface area contributed by atoms with E-state index in [0.29, 0.717) is 6.54 Å². The van der Waals surface area contributed by atoms with E-state index in [1.54, 1.807) is 23.2 Å². The summed E-state index contributed by atoms with van der Waals surface area (Å²) in [6.07, 6.45) is 5.23. The van der Waals surface area contributed by atoms with E-state index in [1.807, 2.05) is 43.4 Å². The van der Waals surface area contributed by atoms with Crippen LogP contribution in [0.15, 0.2) is 53.8 Å². The zero-order valence-corrected chi connectivity index (χ0v) is 11.2. The number of aryl methyl sites for hydroxylation is 1. The molecule has 0 saturated carbocycles. The molecule has 0 fully saturated rings. The van der Waals surface area contributed by atoms with Crippen LogP contribution in [0.1, 0.15) is 11.1 Å². The molecule has 1 N–H and O–H groups in total. The van der Waals surface area contributed by atoms with Crippen LogP contribution in [-0.4, -0.2) is 20.9 Å². The second kappa shape index (κ2) is 5.17. The van der Waals surface area contributed by atoms with Crippen LogP contribution in [0.5, 0.6) is 5.88 Å². The van der Waals surface area contributed by atoms with Crippen molar-refractivity contribution in [3.8, 4) is 5.88 Å². The van der Waals surface area contributed by atoms with Gasteiger partial charge in [0.15, 0.2) is 0 Å². The summed E-state index contributed by atoms with van der Waals surface area (Å²) in [6.45, 7) is 0.575. The van der Waals surface area contributed by atoms with E-state index in [0.717, 1.165) is 22.0 Å². The lowest BCUT2D eigenvalue weighted by Gasteiger charge is -1.96. The van der Waals surface area contributed by atoms with Gasteiger partial charge in [-0.2, -0.15) is 0 Å². The minimum Gasteiger partial charge on any atom is -0.494 e. The number of benzene rings is 1. The summed E-state index contributed by atoms with van der Waals surface area (Å²) in [7, 11) is 1.85. The maximum absolute atomic E-state index is 10.2. The third-order valence-electron chi connectivity index (χ3n) is 3.36. The zero-order chi connectivity index (χ0) is 13.9. The van der Waals surface area contributed by atoms with Crippen molar-refractivity contribution in [2.24, 2.45) is 12.0 Å². The molecule has 0 aliphatic rings. The second-order valence-corrected chi connectivity index (χ2v) is 4.64. The molecular weight excluding hydrogens is 250 g/mol. The van der Waals surface area contributed by atoms with E-state index in [2.05, 4.69) is 9.98 Å². The maximum Gasteiger partial charge on any atom is 0.200 e. The monoisotopic (exact) mass is 265 g/mol. The Labute approximate surface area is 117 Å². The highest BCUT2D eigenvalue weighted by atomic mass is 16.3. The summed E-state index contributed by atoms with van der Waals surface area (Å²) in [4.78, 5) is 8.38. The van der Waals surface area contributed by atoms with Gasteiger partial charge in [0.1, 0.15) is 0 Å². The van der Waals surface area contributed by atoms with Crippen LogP contribution in [0.2, 0.25) is 0 Å². The van der Waals surface area contributed by atoms with Crippen molar-refractivity contribution >= 4 is 17.1 Å². The van der Waals surface area contributed by atoms with Crippen molar-refractivity contribution in [3.63, 3.8) is 0 Å². The number of aliphatic imine (C=N–C) groups is 1. The van der Waals surface area contributed by atoms with Gasteiger partial charge in [-0.15, -0.1) is 0 Å². The van der Waals surface area contributed by atoms with Crippen molar-refractivity contribution < 1.29 is 5.11 Å². The molecule has 0 spiro atoms. The molecule has 3 rings (SSSR count). The first-order valence-electron chi connectivity index (χ1n) is 6.42. The van der Waals surface area contributed by atoms with Gasteiger partial charge in [-0.25, -0.2) is 0 Å². The van der Waals surface area contributed by atoms with Gasteiger partial charge in [0.2, 0.25) is 5.88 Å². The maximum atomic E-state index is 10.2. The smallest absolute Gasteiger partial charge is 0.200 e. The fraction of sp³-hybridized carbons (Fsp3) is 0.125. The molecule has 100 valence electrons. The Morgan fingerprint density at radius 2 is 1.95 bits per heavy atom. The molecule has 0 bridgehead atoms. The molecule has 0 unspecified atom stereocenters. The summed E-state index contributed by atoms with van der Waals surface area (Å²) in [5.74, 6) is 0.240. The summed E-state index contributed by atoms with van der Waals surface area (Å²) < 4.78 is 1.77. The van der Waals surface area contributed by atoms with Crippen LogP contribution in [0.25, 0.3) is 10.9 Å². The van der Waals surface area contributed by atoms with Crippen LogP contribution in [0.3, 0.4) is 0 Å². The normalized spacial score (nSPS) is 11.4. The van der Waals surface area contributed by atoms with Gasteiger partial charge in [-0.1, -0.05) is 18.2 Å². The third kappa shape index (κ3) is 2.16. The summed E-state index contributed by atoms with van der Waals surface area (Å²) in [5, 5.41) is 11.2. The molecule has 0 radical (unpaired) electrons. The Kier molecular flexibility index (Phi) is 3.21. The number of nitrogens with zero attached hydrogens (tertiary/aromatic N) is 3. The van der Waals surface area contributed by atoms with E-state index < -0.39 is 0 Å². The minimum atomic E-state index is 0.240. The van der Waals surface area contributed by atoms with Gasteiger partial charge in [-0.3, -0.25) is 9.98 Å². The Hall–Kier alpha value is -2.62. The molecule has 0 atom stereocenters. The average molecular weight is 265 g/mol. The molecule has 2 aromatic heterocycles. The standard InChI is InChI=1S/C16H15N3O/c1-19-15-5-3-2-4-13(15)14(16(19)20)11-18-10-12-6-8-17-9-7-12/h2-9,11,20H,10H2,1H3. The van der Waals surface area contributed by atoms with E-state index in [-0.39, 0.29) is 5.88 Å². The van der Waals surface area contributed by atoms with Crippen molar-refractivity contribution in [2.45, 2.75) is 6.54 Å². The first kappa shape index (κ1) is 12.4. The van der Waals surface area contributed by atoms with Gasteiger partial charge in [-0.05, 0) is 23.8 Å². The van der Waals surface area contributed by atoms with E-state index in [1.165, 1.54) is 0 Å². The molecule has 0 aliphatic heterocycles. The predicted molar refractivity (Wildman–Crippen MR) is 80.1 cm³/mol. The fourth-order valence-corrected chi connectivity index (χ4v) is 2.27. The van der Waals surface area contributed by atoms with Crippen molar-refractivity contribution in [2.75, 3.05) is 0 Å². The summed E-state index contributed by atoms with van der Waals surface area (Å²) in [6, 6.07) is 11.8. The molecule has 4 heteroatoms. The average Bonchev–Trinajstić information content (AvgIpc) is 2.74. The minimum absolute atomic E-state index is 0.240. The van der Waals surface area contributed by atoms with Crippen LogP contribution in [0.4, 0.5) is 0 Å². The molecule has 3 aromatic rings. The van der Waals surface area contributed by atoms with Crippen molar-refractivity contribution in [1.29, 1.82) is 0 Å². The molecule has 20 heavy (non-hydrogen) atoms. The third-order valence-corrected chi connectivity index (χ3v) is 3.36. The van der Waals surface area contributed by atoms with Crippen LogP contribution >= 0.6 is 0 Å². The highest BCUT2D eigenvalue weighted by Crippen LogP contribution is 2.28. The Morgan fingerprint density at radius 3 is 2.75 bits per heavy atom. The largest absolute Gasteiger partial charge is 0.494 e. The Balaban J connectivity index is 1.93. The summed E-state index contributed by atoms with van der Waals surface area (Å²) in [5.41, 5.74) is 2.85. The second-order valence-electron chi connectivity index (χ2n) is 4.64. The van der Waals surface area contributed by atoms with E-state index in [4.69, 9.17) is 0 Å². The van der Waals surface area contributed by atoms with Crippen LogP contribution in [0, 0.1) is 0 Å². The van der Waals surface area contributed by atoms with Crippen molar-refractivity contribution in [3.05, 3.63) is 59.9 Å². The lowest BCUT2D eigenvalue weighted by Crippen LogP contribution is -1.87. The highest BCUT2D eigenvalue weighted by molar-refractivity contribution is 6.02. The number of para-hydroxylation sites is 1. The molecule has 0 saturated heterocycles. The highest BCUT2D eigenvalue weighted by Gasteiger charge is 2.11. The summed E-state index contributed by atoms with van der Waals surface area (Å²) >= 11 is 0. The van der Waals surface area contributed by atoms with Crippen molar-refractivity contribution in [1.82, 2.24) is 9.55 Å². The molecule has 1 aromatic carbocycles. The predicted octanol–water partition coefficient (Wildman–Crippen LogP) is 2.90.